The molecule has 2 saturated heterocycles. The number of urea groups is 1. The molecular formula is C13H23N3O2. The van der Waals surface area contributed by atoms with Gasteiger partial charge < -0.3 is 10.2 Å². The number of nitrogens with zero attached hydrogens (tertiary/aromatic N) is 2. The van der Waals surface area contributed by atoms with Crippen molar-refractivity contribution in [3.8, 4) is 0 Å². The molecule has 2 heterocycles. The van der Waals surface area contributed by atoms with Gasteiger partial charge in [0.25, 0.3) is 0 Å². The fourth-order valence-electron chi connectivity index (χ4n) is 2.52. The minimum atomic E-state index is -0.220. The third-order valence-electron chi connectivity index (χ3n) is 3.67. The first-order valence-electron chi connectivity index (χ1n) is 6.69. The highest BCUT2D eigenvalue weighted by Crippen LogP contribution is 2.22. The van der Waals surface area contributed by atoms with Crippen molar-refractivity contribution >= 4 is 11.9 Å². The smallest absolute Gasteiger partial charge is 0.324 e. The van der Waals surface area contributed by atoms with Crippen molar-refractivity contribution in [2.24, 2.45) is 5.41 Å². The predicted molar refractivity (Wildman–Crippen MR) is 69.2 cm³/mol. The van der Waals surface area contributed by atoms with E-state index in [9.17, 15) is 9.59 Å². The first-order valence-corrected chi connectivity index (χ1v) is 6.69. The van der Waals surface area contributed by atoms with Crippen LogP contribution >= 0.6 is 0 Å². The van der Waals surface area contributed by atoms with E-state index in [2.05, 4.69) is 31.0 Å². The number of nitrogens with one attached hydrogen (secondary N) is 1. The van der Waals surface area contributed by atoms with E-state index < -0.39 is 0 Å². The monoisotopic (exact) mass is 253 g/mol. The first kappa shape index (κ1) is 13.3. The molecule has 0 radical (unpaired) electrons. The molecule has 2 fully saturated rings. The van der Waals surface area contributed by atoms with Crippen molar-refractivity contribution in [3.05, 3.63) is 0 Å². The van der Waals surface area contributed by atoms with Gasteiger partial charge in [0.1, 0.15) is 0 Å². The molecule has 2 aliphatic heterocycles. The fourth-order valence-corrected chi connectivity index (χ4v) is 2.52. The van der Waals surface area contributed by atoms with E-state index in [1.54, 1.807) is 0 Å². The lowest BCUT2D eigenvalue weighted by Crippen LogP contribution is -2.42. The van der Waals surface area contributed by atoms with Crippen LogP contribution in [0.15, 0.2) is 0 Å². The lowest BCUT2D eigenvalue weighted by molar-refractivity contribution is -0.126. The molecule has 0 aromatic heterocycles. The van der Waals surface area contributed by atoms with E-state index in [-0.39, 0.29) is 24.5 Å². The van der Waals surface area contributed by atoms with E-state index in [4.69, 9.17) is 0 Å². The Kier molecular flexibility index (Phi) is 3.61. The van der Waals surface area contributed by atoms with Crippen LogP contribution in [0, 0.1) is 5.41 Å². The van der Waals surface area contributed by atoms with Crippen LogP contribution in [-0.4, -0.2) is 54.0 Å². The number of carbonyl (C=O) groups excluding carboxylic acids is 2. The quantitative estimate of drug-likeness (QED) is 0.765. The summed E-state index contributed by atoms with van der Waals surface area (Å²) >= 11 is 0. The molecule has 3 amide bonds. The van der Waals surface area contributed by atoms with Crippen LogP contribution in [0.3, 0.4) is 0 Å². The van der Waals surface area contributed by atoms with E-state index >= 15 is 0 Å². The molecule has 0 aromatic carbocycles. The zero-order valence-corrected chi connectivity index (χ0v) is 11.5. The highest BCUT2D eigenvalue weighted by Gasteiger charge is 2.38. The second kappa shape index (κ2) is 4.88. The third kappa shape index (κ3) is 3.02. The summed E-state index contributed by atoms with van der Waals surface area (Å²) in [6.45, 7) is 9.72. The Hall–Kier alpha value is -1.10. The molecule has 0 spiro atoms. The van der Waals surface area contributed by atoms with E-state index in [1.165, 1.54) is 4.90 Å². The van der Waals surface area contributed by atoms with Crippen LogP contribution in [-0.2, 0) is 4.79 Å². The van der Waals surface area contributed by atoms with Crippen LogP contribution in [0.2, 0.25) is 0 Å². The Labute approximate surface area is 108 Å². The molecule has 18 heavy (non-hydrogen) atoms. The molecule has 1 N–H and O–H groups in total. The van der Waals surface area contributed by atoms with Crippen molar-refractivity contribution in [2.45, 2.75) is 39.7 Å². The van der Waals surface area contributed by atoms with Gasteiger partial charge in [-0.3, -0.25) is 9.69 Å². The minimum Gasteiger partial charge on any atom is -0.329 e. The van der Waals surface area contributed by atoms with E-state index in [0.717, 1.165) is 32.5 Å². The van der Waals surface area contributed by atoms with Gasteiger partial charge in [-0.2, -0.15) is 0 Å². The Morgan fingerprint density at radius 2 is 2.06 bits per heavy atom. The number of imide groups is 1. The molecule has 2 rings (SSSR count). The first-order chi connectivity index (χ1) is 8.37. The predicted octanol–water partition coefficient (Wildman–Crippen LogP) is 1.05. The van der Waals surface area contributed by atoms with E-state index in [0.29, 0.717) is 5.41 Å². The van der Waals surface area contributed by atoms with Gasteiger partial charge in [0.05, 0.1) is 12.6 Å². The molecule has 0 aromatic rings. The SMILES string of the molecule is CC(C)(C)CCN1CCC(N2C(=O)CNC2=O)C1. The highest BCUT2D eigenvalue weighted by molar-refractivity contribution is 6.02. The fraction of sp³-hybridized carbons (Fsp3) is 0.846. The zero-order valence-electron chi connectivity index (χ0n) is 11.5. The van der Waals surface area contributed by atoms with Crippen LogP contribution in [0.1, 0.15) is 33.6 Å². The van der Waals surface area contributed by atoms with Crippen LogP contribution in [0.4, 0.5) is 4.79 Å². The number of rotatable bonds is 3. The molecule has 0 aliphatic carbocycles. The molecule has 0 saturated carbocycles. The van der Waals surface area contributed by atoms with Crippen LogP contribution in [0.5, 0.6) is 0 Å². The van der Waals surface area contributed by atoms with Gasteiger partial charge in [0.15, 0.2) is 0 Å². The molecule has 1 atom stereocenters. The number of likely N-dealkylation sites (tertiary alicyclic amines) is 1. The zero-order chi connectivity index (χ0) is 13.3. The summed E-state index contributed by atoms with van der Waals surface area (Å²) in [4.78, 5) is 27.0. The third-order valence-corrected chi connectivity index (χ3v) is 3.67. The normalized spacial score (nSPS) is 25.9. The number of amides is 3. The molecule has 2 aliphatic rings. The summed E-state index contributed by atoms with van der Waals surface area (Å²) in [6.07, 6.45) is 2.04. The maximum Gasteiger partial charge on any atom is 0.324 e. The van der Waals surface area contributed by atoms with Gasteiger partial charge in [-0.05, 0) is 24.8 Å². The van der Waals surface area contributed by atoms with Gasteiger partial charge in [-0.25, -0.2) is 4.79 Å². The Balaban J connectivity index is 1.85. The largest absolute Gasteiger partial charge is 0.329 e. The Bertz CT molecular complexity index is 333. The van der Waals surface area contributed by atoms with Gasteiger partial charge >= 0.3 is 6.03 Å². The molecule has 5 heteroatoms. The van der Waals surface area contributed by atoms with Crippen molar-refractivity contribution in [2.75, 3.05) is 26.2 Å². The van der Waals surface area contributed by atoms with Crippen molar-refractivity contribution in [1.29, 1.82) is 0 Å². The maximum atomic E-state index is 11.6. The van der Waals surface area contributed by atoms with Gasteiger partial charge in [-0.15, -0.1) is 0 Å². The average Bonchev–Trinajstić information content (AvgIpc) is 2.82. The number of carbonyl (C=O) groups is 2. The summed E-state index contributed by atoms with van der Waals surface area (Å²) in [5.41, 5.74) is 0.332. The van der Waals surface area contributed by atoms with Crippen LogP contribution < -0.4 is 5.32 Å². The van der Waals surface area contributed by atoms with Crippen molar-refractivity contribution < 1.29 is 9.59 Å². The molecule has 102 valence electrons. The van der Waals surface area contributed by atoms with E-state index in [1.807, 2.05) is 0 Å². The molecule has 1 unspecified atom stereocenters. The minimum absolute atomic E-state index is 0.0694. The van der Waals surface area contributed by atoms with Crippen molar-refractivity contribution in [3.63, 3.8) is 0 Å². The molecule has 5 nitrogen and oxygen atoms in total. The van der Waals surface area contributed by atoms with Gasteiger partial charge in [0.2, 0.25) is 5.91 Å². The second-order valence-corrected chi connectivity index (χ2v) is 6.48. The summed E-state index contributed by atoms with van der Waals surface area (Å²) in [5.74, 6) is -0.0809. The summed E-state index contributed by atoms with van der Waals surface area (Å²) in [5, 5.41) is 2.59. The summed E-state index contributed by atoms with van der Waals surface area (Å²) < 4.78 is 0. The van der Waals surface area contributed by atoms with Crippen molar-refractivity contribution in [1.82, 2.24) is 15.1 Å². The number of hydrogen-bond donors (Lipinski definition) is 1. The Morgan fingerprint density at radius 1 is 1.33 bits per heavy atom. The second-order valence-electron chi connectivity index (χ2n) is 6.48. The summed E-state index contributed by atoms with van der Waals surface area (Å²) in [7, 11) is 0. The lowest BCUT2D eigenvalue weighted by atomic mass is 9.92. The standard InChI is InChI=1S/C13H23N3O2/c1-13(2,3)5-7-15-6-4-10(9-15)16-11(17)8-14-12(16)18/h10H,4-9H2,1-3H3,(H,14,18). The topological polar surface area (TPSA) is 52.6 Å². The van der Waals surface area contributed by atoms with Gasteiger partial charge in [0, 0.05) is 13.1 Å². The average molecular weight is 253 g/mol. The van der Waals surface area contributed by atoms with Crippen LogP contribution in [0.25, 0.3) is 0 Å². The molecule has 0 bridgehead atoms. The lowest BCUT2D eigenvalue weighted by Gasteiger charge is -2.24. The number of hydrogen-bond acceptors (Lipinski definition) is 3. The van der Waals surface area contributed by atoms with Gasteiger partial charge in [-0.1, -0.05) is 20.8 Å². The Morgan fingerprint density at radius 3 is 2.61 bits per heavy atom. The molecular weight excluding hydrogens is 230 g/mol. The summed E-state index contributed by atoms with van der Waals surface area (Å²) in [6, 6.07) is -0.150. The maximum absolute atomic E-state index is 11.6. The highest BCUT2D eigenvalue weighted by atomic mass is 16.2.